The highest BCUT2D eigenvalue weighted by atomic mass is 16.5. The second kappa shape index (κ2) is 19.7. The summed E-state index contributed by atoms with van der Waals surface area (Å²) in [6.45, 7) is 5.24. The summed E-state index contributed by atoms with van der Waals surface area (Å²) in [6.07, 6.45) is 3.07. The molecule has 12 heteroatoms. The maximum Gasteiger partial charge on any atom is 0.254 e. The van der Waals surface area contributed by atoms with E-state index in [1.54, 1.807) is 6.07 Å². The average Bonchev–Trinajstić information content (AvgIpc) is 3.72. The standard InChI is InChI=1S/C43H52N4O8/c1-31-36(11-6-13-39(31)34-10-5-12-37(22-34)52-21-7-18-47-19-16-32(25-48)17-20-47)26-53-38-15-14-35(24-44-43(28-49,29-50)30-51)40(23-38)54-27-41-45-46-42(55-41)33-8-3-2-4-9-33/h2-6,8-15,22-23,32,44,48-51H,7,16-21,24-30H2,1H3. The lowest BCUT2D eigenvalue weighted by molar-refractivity contribution is 0.0412. The molecule has 1 saturated heterocycles. The van der Waals surface area contributed by atoms with Gasteiger partial charge >= 0.3 is 0 Å². The van der Waals surface area contributed by atoms with Gasteiger partial charge in [-0.3, -0.25) is 0 Å². The Hall–Kier alpha value is -4.82. The molecule has 0 amide bonds. The van der Waals surface area contributed by atoms with Crippen molar-refractivity contribution in [2.75, 3.05) is 52.7 Å². The average molecular weight is 753 g/mol. The minimum Gasteiger partial charge on any atom is -0.494 e. The van der Waals surface area contributed by atoms with E-state index in [0.29, 0.717) is 48.7 Å². The van der Waals surface area contributed by atoms with Gasteiger partial charge in [-0.25, -0.2) is 0 Å². The van der Waals surface area contributed by atoms with Gasteiger partial charge in [0.1, 0.15) is 23.9 Å². The van der Waals surface area contributed by atoms with E-state index in [1.807, 2.05) is 60.7 Å². The molecule has 5 aromatic rings. The van der Waals surface area contributed by atoms with Crippen molar-refractivity contribution >= 4 is 0 Å². The molecular weight excluding hydrogens is 700 g/mol. The van der Waals surface area contributed by atoms with Crippen LogP contribution in [-0.2, 0) is 19.8 Å². The van der Waals surface area contributed by atoms with E-state index in [4.69, 9.17) is 18.6 Å². The van der Waals surface area contributed by atoms with Crippen LogP contribution >= 0.6 is 0 Å². The lowest BCUT2D eigenvalue weighted by Gasteiger charge is -2.30. The van der Waals surface area contributed by atoms with Crippen LogP contribution in [0.25, 0.3) is 22.6 Å². The fraction of sp³-hybridized carbons (Fsp3) is 0.395. The third-order valence-corrected chi connectivity index (χ3v) is 10.3. The fourth-order valence-corrected chi connectivity index (χ4v) is 6.59. The number of hydrogen-bond donors (Lipinski definition) is 5. The van der Waals surface area contributed by atoms with Crippen molar-refractivity contribution in [3.05, 3.63) is 114 Å². The molecule has 6 rings (SSSR count). The first kappa shape index (κ1) is 39.9. The van der Waals surface area contributed by atoms with Crippen LogP contribution in [0.15, 0.2) is 95.4 Å². The summed E-state index contributed by atoms with van der Waals surface area (Å²) >= 11 is 0. The molecule has 55 heavy (non-hydrogen) atoms. The van der Waals surface area contributed by atoms with Gasteiger partial charge in [0, 0.05) is 36.9 Å². The van der Waals surface area contributed by atoms with Gasteiger partial charge in [0.2, 0.25) is 5.89 Å². The number of likely N-dealkylation sites (tertiary alicyclic amines) is 1. The Morgan fingerprint density at radius 1 is 0.764 bits per heavy atom. The van der Waals surface area contributed by atoms with Crippen molar-refractivity contribution in [2.45, 2.75) is 51.5 Å². The Kier molecular flexibility index (Phi) is 14.3. The molecule has 0 saturated carbocycles. The highest BCUT2D eigenvalue weighted by Gasteiger charge is 2.28. The van der Waals surface area contributed by atoms with Crippen LogP contribution in [0.5, 0.6) is 17.2 Å². The molecule has 0 unspecified atom stereocenters. The molecule has 1 aliphatic rings. The van der Waals surface area contributed by atoms with E-state index in [1.165, 1.54) is 0 Å². The van der Waals surface area contributed by atoms with Gasteiger partial charge in [-0.2, -0.15) is 0 Å². The Morgan fingerprint density at radius 2 is 1.51 bits per heavy atom. The predicted molar refractivity (Wildman–Crippen MR) is 209 cm³/mol. The Bertz CT molecular complexity index is 1920. The zero-order valence-corrected chi connectivity index (χ0v) is 31.4. The molecule has 1 fully saturated rings. The van der Waals surface area contributed by atoms with Gasteiger partial charge < -0.3 is 49.3 Å². The molecular formula is C43H52N4O8. The van der Waals surface area contributed by atoms with Gasteiger partial charge in [0.15, 0.2) is 6.61 Å². The minimum absolute atomic E-state index is 0.00435. The van der Waals surface area contributed by atoms with Crippen LogP contribution in [0, 0.1) is 12.8 Å². The van der Waals surface area contributed by atoms with Crippen molar-refractivity contribution < 1.29 is 39.1 Å². The summed E-state index contributed by atoms with van der Waals surface area (Å²) < 4.78 is 24.5. The number of ether oxygens (including phenoxy) is 3. The molecule has 1 aliphatic heterocycles. The molecule has 12 nitrogen and oxygen atoms in total. The van der Waals surface area contributed by atoms with Crippen LogP contribution in [0.3, 0.4) is 0 Å². The number of nitrogens with one attached hydrogen (secondary N) is 1. The van der Waals surface area contributed by atoms with Crippen LogP contribution in [-0.4, -0.2) is 93.7 Å². The number of aliphatic hydroxyl groups is 4. The maximum absolute atomic E-state index is 9.85. The lowest BCUT2D eigenvalue weighted by Crippen LogP contribution is -2.54. The van der Waals surface area contributed by atoms with Gasteiger partial charge in [-0.05, 0) is 97.8 Å². The predicted octanol–water partition coefficient (Wildman–Crippen LogP) is 5.15. The van der Waals surface area contributed by atoms with Crippen LogP contribution in [0.4, 0.5) is 0 Å². The van der Waals surface area contributed by atoms with Crippen LogP contribution in [0.1, 0.15) is 41.8 Å². The molecule has 1 aromatic heterocycles. The van der Waals surface area contributed by atoms with Crippen LogP contribution < -0.4 is 19.5 Å². The summed E-state index contributed by atoms with van der Waals surface area (Å²) in [5.41, 5.74) is 4.53. The fourth-order valence-electron chi connectivity index (χ4n) is 6.59. The zero-order chi connectivity index (χ0) is 38.5. The first-order valence-electron chi connectivity index (χ1n) is 18.9. The second-order valence-electron chi connectivity index (χ2n) is 14.1. The van der Waals surface area contributed by atoms with Crippen molar-refractivity contribution in [3.63, 3.8) is 0 Å². The van der Waals surface area contributed by atoms with Gasteiger partial charge in [-0.1, -0.05) is 54.6 Å². The Balaban J connectivity index is 1.10. The first-order chi connectivity index (χ1) is 26.9. The third kappa shape index (κ3) is 10.7. The molecule has 0 radical (unpaired) electrons. The highest BCUT2D eigenvalue weighted by Crippen LogP contribution is 2.31. The molecule has 4 aromatic carbocycles. The lowest BCUT2D eigenvalue weighted by atomic mass is 9.96. The SMILES string of the molecule is Cc1c(COc2ccc(CNC(CO)(CO)CO)c(OCc3nnc(-c4ccccc4)o3)c2)cccc1-c1cccc(OCCCN2CCC(CO)CC2)c1. The van der Waals surface area contributed by atoms with E-state index >= 15 is 0 Å². The normalized spacial score (nSPS) is 13.9. The Morgan fingerprint density at radius 3 is 2.27 bits per heavy atom. The number of nitrogens with zero attached hydrogens (tertiary/aromatic N) is 3. The maximum atomic E-state index is 9.85. The number of benzene rings is 4. The van der Waals surface area contributed by atoms with Crippen molar-refractivity contribution in [1.29, 1.82) is 0 Å². The van der Waals surface area contributed by atoms with E-state index in [9.17, 15) is 20.4 Å². The molecule has 0 aliphatic carbocycles. The molecule has 0 spiro atoms. The van der Waals surface area contributed by atoms with E-state index < -0.39 is 25.4 Å². The van der Waals surface area contributed by atoms with E-state index in [-0.39, 0.29) is 19.0 Å². The number of aliphatic hydroxyl groups excluding tert-OH is 4. The largest absolute Gasteiger partial charge is 0.494 e. The quantitative estimate of drug-likeness (QED) is 0.0667. The minimum atomic E-state index is -1.27. The summed E-state index contributed by atoms with van der Waals surface area (Å²) in [4.78, 5) is 2.46. The summed E-state index contributed by atoms with van der Waals surface area (Å²) in [6, 6.07) is 29.3. The smallest absolute Gasteiger partial charge is 0.254 e. The van der Waals surface area contributed by atoms with E-state index in [0.717, 1.165) is 72.5 Å². The van der Waals surface area contributed by atoms with Gasteiger partial charge in [0.25, 0.3) is 5.89 Å². The molecule has 0 bridgehead atoms. The summed E-state index contributed by atoms with van der Waals surface area (Å²) in [5.74, 6) is 3.00. The summed E-state index contributed by atoms with van der Waals surface area (Å²) in [7, 11) is 0. The number of piperidine rings is 1. The van der Waals surface area contributed by atoms with Crippen molar-refractivity contribution in [2.24, 2.45) is 5.92 Å². The molecule has 0 atom stereocenters. The molecule has 292 valence electrons. The topological polar surface area (TPSA) is 163 Å². The number of hydrogen-bond acceptors (Lipinski definition) is 12. The third-order valence-electron chi connectivity index (χ3n) is 10.3. The van der Waals surface area contributed by atoms with Crippen molar-refractivity contribution in [3.8, 4) is 39.8 Å². The number of aromatic nitrogens is 2. The monoisotopic (exact) mass is 752 g/mol. The van der Waals surface area contributed by atoms with Crippen LogP contribution in [0.2, 0.25) is 0 Å². The second-order valence-corrected chi connectivity index (χ2v) is 14.1. The van der Waals surface area contributed by atoms with Gasteiger partial charge in [-0.15, -0.1) is 10.2 Å². The van der Waals surface area contributed by atoms with Gasteiger partial charge in [0.05, 0.1) is 32.0 Å². The number of rotatable bonds is 20. The molecule has 5 N–H and O–H groups in total. The molecule has 2 heterocycles. The summed E-state index contributed by atoms with van der Waals surface area (Å²) in [5, 5.41) is 50.3. The first-order valence-corrected chi connectivity index (χ1v) is 18.9. The Labute approximate surface area is 322 Å². The van der Waals surface area contributed by atoms with Crippen molar-refractivity contribution in [1.82, 2.24) is 20.4 Å². The van der Waals surface area contributed by atoms with E-state index in [2.05, 4.69) is 51.6 Å². The zero-order valence-electron chi connectivity index (χ0n) is 31.4. The highest BCUT2D eigenvalue weighted by molar-refractivity contribution is 5.69.